The Hall–Kier alpha value is -0.670. The molecule has 2 rings (SSSR count). The first-order valence-electron chi connectivity index (χ1n) is 6.72. The number of nitrogens with two attached hydrogens (primary N) is 1. The summed E-state index contributed by atoms with van der Waals surface area (Å²) in [4.78, 5) is -0.0539. The minimum absolute atomic E-state index is 0. The van der Waals surface area contributed by atoms with Gasteiger partial charge in [-0.3, -0.25) is 0 Å². The average molecular weight is 391 g/mol. The summed E-state index contributed by atoms with van der Waals surface area (Å²) in [5.41, 5.74) is 5.88. The van der Waals surface area contributed by atoms with Gasteiger partial charge in [0.25, 0.3) is 0 Å². The summed E-state index contributed by atoms with van der Waals surface area (Å²) < 4.78 is 55.0. The number of nitrogens with zero attached hydrogens (tertiary/aromatic N) is 1. The predicted octanol–water partition coefficient (Wildman–Crippen LogP) is 2.72. The van der Waals surface area contributed by atoms with Crippen LogP contribution in [-0.4, -0.2) is 38.5 Å². The van der Waals surface area contributed by atoms with Crippen molar-refractivity contribution in [3.63, 3.8) is 0 Å². The molecule has 0 radical (unpaired) electrons. The summed E-state index contributed by atoms with van der Waals surface area (Å²) in [5.74, 6) is -0.218. The van der Waals surface area contributed by atoms with E-state index in [1.165, 1.54) is 10.4 Å². The van der Waals surface area contributed by atoms with E-state index in [1.54, 1.807) is 0 Å². The van der Waals surface area contributed by atoms with E-state index in [-0.39, 0.29) is 40.0 Å². The van der Waals surface area contributed by atoms with Crippen LogP contribution in [0.25, 0.3) is 0 Å². The quantitative estimate of drug-likeness (QED) is 0.857. The molecule has 0 bridgehead atoms. The fraction of sp³-hybridized carbons (Fsp3) is 0.538. The fourth-order valence-corrected chi connectivity index (χ4v) is 4.20. The van der Waals surface area contributed by atoms with Crippen LogP contribution in [0.15, 0.2) is 23.1 Å². The van der Waals surface area contributed by atoms with Crippen molar-refractivity contribution in [2.45, 2.75) is 30.9 Å². The van der Waals surface area contributed by atoms with Crippen LogP contribution in [0.2, 0.25) is 5.02 Å². The lowest BCUT2D eigenvalue weighted by Crippen LogP contribution is -2.48. The standard InChI is InChI=1S/C13H17ClF2N2O3S.ClH/c1-8-7-18(5-4-11(8)17)22(19,20)9-2-3-12(10(14)6-9)21-13(15)16;/h2-3,6,8,11,13H,4-5,7,17H2,1H3;1H. The summed E-state index contributed by atoms with van der Waals surface area (Å²) in [7, 11) is -3.74. The predicted molar refractivity (Wildman–Crippen MR) is 85.8 cm³/mol. The number of hydrogen-bond acceptors (Lipinski definition) is 4. The molecule has 1 aliphatic heterocycles. The van der Waals surface area contributed by atoms with Gasteiger partial charge < -0.3 is 10.5 Å². The molecule has 0 saturated carbocycles. The van der Waals surface area contributed by atoms with E-state index in [0.717, 1.165) is 12.1 Å². The SMILES string of the molecule is CC1CN(S(=O)(=O)c2ccc(OC(F)F)c(Cl)c2)CCC1N.Cl. The number of piperidine rings is 1. The maximum absolute atomic E-state index is 12.6. The Bertz CT molecular complexity index is 646. The first kappa shape index (κ1) is 20.4. The maximum atomic E-state index is 12.6. The molecule has 10 heteroatoms. The van der Waals surface area contributed by atoms with Crippen molar-refractivity contribution in [1.82, 2.24) is 4.31 Å². The van der Waals surface area contributed by atoms with Crippen LogP contribution in [0.3, 0.4) is 0 Å². The van der Waals surface area contributed by atoms with Gasteiger partial charge in [0.05, 0.1) is 9.92 Å². The van der Waals surface area contributed by atoms with Crippen LogP contribution in [0, 0.1) is 5.92 Å². The van der Waals surface area contributed by atoms with Crippen LogP contribution in [0.4, 0.5) is 8.78 Å². The first-order chi connectivity index (χ1) is 10.2. The number of alkyl halides is 2. The van der Waals surface area contributed by atoms with Gasteiger partial charge in [-0.25, -0.2) is 8.42 Å². The molecule has 0 spiro atoms. The summed E-state index contributed by atoms with van der Waals surface area (Å²) in [5, 5.41) is -0.178. The third-order valence-electron chi connectivity index (χ3n) is 3.69. The highest BCUT2D eigenvalue weighted by atomic mass is 35.5. The normalized spacial score (nSPS) is 22.7. The number of benzene rings is 1. The largest absolute Gasteiger partial charge is 0.433 e. The van der Waals surface area contributed by atoms with E-state index >= 15 is 0 Å². The Morgan fingerprint density at radius 3 is 2.61 bits per heavy atom. The monoisotopic (exact) mass is 390 g/mol. The van der Waals surface area contributed by atoms with Crippen molar-refractivity contribution < 1.29 is 21.9 Å². The first-order valence-corrected chi connectivity index (χ1v) is 8.53. The molecule has 0 amide bonds. The highest BCUT2D eigenvalue weighted by Crippen LogP contribution is 2.31. The molecule has 5 nitrogen and oxygen atoms in total. The molecule has 1 aromatic rings. The van der Waals surface area contributed by atoms with Gasteiger partial charge in [-0.2, -0.15) is 13.1 Å². The third kappa shape index (κ3) is 4.67. The number of hydrogen-bond donors (Lipinski definition) is 1. The Labute approximate surface area is 145 Å². The highest BCUT2D eigenvalue weighted by Gasteiger charge is 2.32. The fourth-order valence-electron chi connectivity index (χ4n) is 2.33. The molecule has 1 heterocycles. The van der Waals surface area contributed by atoms with E-state index in [4.69, 9.17) is 17.3 Å². The van der Waals surface area contributed by atoms with Crippen LogP contribution >= 0.6 is 24.0 Å². The highest BCUT2D eigenvalue weighted by molar-refractivity contribution is 7.89. The third-order valence-corrected chi connectivity index (χ3v) is 5.85. The van der Waals surface area contributed by atoms with Crippen molar-refractivity contribution in [3.8, 4) is 5.75 Å². The molecule has 1 saturated heterocycles. The average Bonchev–Trinajstić information content (AvgIpc) is 2.43. The topological polar surface area (TPSA) is 72.6 Å². The zero-order valence-corrected chi connectivity index (χ0v) is 14.7. The minimum Gasteiger partial charge on any atom is -0.433 e. The van der Waals surface area contributed by atoms with Crippen molar-refractivity contribution in [2.75, 3.05) is 13.1 Å². The zero-order valence-electron chi connectivity index (χ0n) is 12.3. The maximum Gasteiger partial charge on any atom is 0.387 e. The van der Waals surface area contributed by atoms with E-state index in [2.05, 4.69) is 4.74 Å². The van der Waals surface area contributed by atoms with E-state index in [0.29, 0.717) is 19.5 Å². The summed E-state index contributed by atoms with van der Waals surface area (Å²) in [6.07, 6.45) is 0.570. The lowest BCUT2D eigenvalue weighted by molar-refractivity contribution is -0.0498. The Balaban J connectivity index is 0.00000264. The molecule has 2 unspecified atom stereocenters. The van der Waals surface area contributed by atoms with Gasteiger partial charge in [0.15, 0.2) is 0 Å². The van der Waals surface area contributed by atoms with Crippen LogP contribution < -0.4 is 10.5 Å². The van der Waals surface area contributed by atoms with Crippen molar-refractivity contribution in [2.24, 2.45) is 11.7 Å². The Morgan fingerprint density at radius 1 is 1.43 bits per heavy atom. The molecule has 1 aliphatic rings. The second kappa shape index (κ2) is 7.94. The second-order valence-corrected chi connectivity index (χ2v) is 7.61. The molecule has 2 N–H and O–H groups in total. The number of ether oxygens (including phenoxy) is 1. The Kier molecular flexibility index (Phi) is 7.03. The Morgan fingerprint density at radius 2 is 2.09 bits per heavy atom. The van der Waals surface area contributed by atoms with E-state index in [9.17, 15) is 17.2 Å². The smallest absolute Gasteiger partial charge is 0.387 e. The van der Waals surface area contributed by atoms with Crippen molar-refractivity contribution in [3.05, 3.63) is 23.2 Å². The summed E-state index contributed by atoms with van der Waals surface area (Å²) >= 11 is 5.81. The van der Waals surface area contributed by atoms with Crippen molar-refractivity contribution in [1.29, 1.82) is 0 Å². The van der Waals surface area contributed by atoms with Gasteiger partial charge in [-0.05, 0) is 30.5 Å². The van der Waals surface area contributed by atoms with E-state index in [1.807, 2.05) is 6.92 Å². The lowest BCUT2D eigenvalue weighted by atomic mass is 9.96. The summed E-state index contributed by atoms with van der Waals surface area (Å²) in [6.45, 7) is -0.500. The van der Waals surface area contributed by atoms with Gasteiger partial charge in [-0.1, -0.05) is 18.5 Å². The van der Waals surface area contributed by atoms with E-state index < -0.39 is 16.6 Å². The molecule has 1 fully saturated rings. The molecule has 0 aromatic heterocycles. The number of halogens is 4. The van der Waals surface area contributed by atoms with Gasteiger partial charge in [0.2, 0.25) is 10.0 Å². The molecule has 23 heavy (non-hydrogen) atoms. The second-order valence-electron chi connectivity index (χ2n) is 5.26. The molecular weight excluding hydrogens is 373 g/mol. The summed E-state index contributed by atoms with van der Waals surface area (Å²) in [6, 6.07) is 3.42. The molecule has 0 aliphatic carbocycles. The van der Waals surface area contributed by atoms with Gasteiger partial charge >= 0.3 is 6.61 Å². The molecule has 132 valence electrons. The minimum atomic E-state index is -3.74. The number of sulfonamides is 1. The van der Waals surface area contributed by atoms with Crippen LogP contribution in [0.1, 0.15) is 13.3 Å². The van der Waals surface area contributed by atoms with Gasteiger partial charge in [-0.15, -0.1) is 12.4 Å². The van der Waals surface area contributed by atoms with Gasteiger partial charge in [0, 0.05) is 19.1 Å². The molecular formula is C13H18Cl2F2N2O3S. The number of rotatable bonds is 4. The molecule has 2 atom stereocenters. The van der Waals surface area contributed by atoms with Crippen LogP contribution in [-0.2, 0) is 10.0 Å². The van der Waals surface area contributed by atoms with Crippen LogP contribution in [0.5, 0.6) is 5.75 Å². The van der Waals surface area contributed by atoms with Gasteiger partial charge in [0.1, 0.15) is 5.75 Å². The van der Waals surface area contributed by atoms with Crippen molar-refractivity contribution >= 4 is 34.0 Å². The molecule has 1 aromatic carbocycles. The lowest BCUT2D eigenvalue weighted by Gasteiger charge is -2.34. The zero-order chi connectivity index (χ0) is 16.5.